The fourth-order valence-corrected chi connectivity index (χ4v) is 1.87. The lowest BCUT2D eigenvalue weighted by atomic mass is 10.1. The van der Waals surface area contributed by atoms with E-state index in [0.29, 0.717) is 24.8 Å². The highest BCUT2D eigenvalue weighted by Gasteiger charge is 2.20. The molecule has 1 fully saturated rings. The average Bonchev–Trinajstić information content (AvgIpc) is 2.30. The minimum Gasteiger partial charge on any atom is -0.463 e. The minimum atomic E-state index is -0.281. The molecule has 0 spiro atoms. The predicted octanol–water partition coefficient (Wildman–Crippen LogP) is 1.22. The maximum Gasteiger partial charge on any atom is 0.334 e. The van der Waals surface area contributed by atoms with Gasteiger partial charge in [-0.2, -0.15) is 0 Å². The molecule has 0 bridgehead atoms. The summed E-state index contributed by atoms with van der Waals surface area (Å²) >= 11 is 0. The van der Waals surface area contributed by atoms with Gasteiger partial charge in [0.1, 0.15) is 0 Å². The van der Waals surface area contributed by atoms with E-state index in [4.69, 9.17) is 9.47 Å². The zero-order valence-corrected chi connectivity index (χ0v) is 10.2. The first-order chi connectivity index (χ1) is 7.67. The average molecular weight is 227 g/mol. The van der Waals surface area contributed by atoms with Crippen molar-refractivity contribution in [2.45, 2.75) is 25.9 Å². The number of likely N-dealkylation sites (tertiary alicyclic amines) is 1. The zero-order chi connectivity index (χ0) is 12.0. The Kier molecular flexibility index (Phi) is 5.49. The van der Waals surface area contributed by atoms with Gasteiger partial charge in [-0.3, -0.25) is 4.90 Å². The van der Waals surface area contributed by atoms with Crippen molar-refractivity contribution in [3.63, 3.8) is 0 Å². The summed E-state index contributed by atoms with van der Waals surface area (Å²) in [6.45, 7) is 8.48. The van der Waals surface area contributed by atoms with Gasteiger partial charge in [0, 0.05) is 32.3 Å². The number of methoxy groups -OCH3 is 1. The van der Waals surface area contributed by atoms with Crippen LogP contribution in [0.5, 0.6) is 0 Å². The van der Waals surface area contributed by atoms with Crippen molar-refractivity contribution in [3.8, 4) is 0 Å². The molecule has 92 valence electrons. The third kappa shape index (κ3) is 3.94. The van der Waals surface area contributed by atoms with Crippen molar-refractivity contribution in [1.29, 1.82) is 0 Å². The molecule has 4 nitrogen and oxygen atoms in total. The van der Waals surface area contributed by atoms with Crippen molar-refractivity contribution in [2.24, 2.45) is 0 Å². The first-order valence-corrected chi connectivity index (χ1v) is 5.77. The van der Waals surface area contributed by atoms with E-state index in [0.717, 1.165) is 25.9 Å². The van der Waals surface area contributed by atoms with Crippen LogP contribution < -0.4 is 0 Å². The van der Waals surface area contributed by atoms with E-state index in [1.165, 1.54) is 0 Å². The number of carbonyl (C=O) groups excluding carboxylic acids is 1. The summed E-state index contributed by atoms with van der Waals surface area (Å²) in [6.07, 6.45) is 2.41. The molecule has 1 heterocycles. The fraction of sp³-hybridized carbons (Fsp3) is 0.750. The summed E-state index contributed by atoms with van der Waals surface area (Å²) in [5.74, 6) is -0.281. The summed E-state index contributed by atoms with van der Waals surface area (Å²) < 4.78 is 10.2. The van der Waals surface area contributed by atoms with Gasteiger partial charge >= 0.3 is 5.97 Å². The maximum atomic E-state index is 11.4. The Hall–Kier alpha value is -0.870. The second-order valence-corrected chi connectivity index (χ2v) is 4.04. The molecule has 0 N–H and O–H groups in total. The largest absolute Gasteiger partial charge is 0.463 e. The van der Waals surface area contributed by atoms with Gasteiger partial charge < -0.3 is 9.47 Å². The number of hydrogen-bond acceptors (Lipinski definition) is 4. The molecule has 1 aliphatic heterocycles. The minimum absolute atomic E-state index is 0.281. The Bertz CT molecular complexity index is 245. The molecule has 0 aromatic carbocycles. The van der Waals surface area contributed by atoms with Crippen molar-refractivity contribution < 1.29 is 14.3 Å². The lowest BCUT2D eigenvalue weighted by Crippen LogP contribution is -2.38. The molecule has 0 amide bonds. The van der Waals surface area contributed by atoms with Crippen molar-refractivity contribution >= 4 is 5.97 Å². The van der Waals surface area contributed by atoms with Crippen LogP contribution >= 0.6 is 0 Å². The van der Waals surface area contributed by atoms with Crippen LogP contribution in [0.3, 0.4) is 0 Å². The van der Waals surface area contributed by atoms with Gasteiger partial charge in [-0.25, -0.2) is 4.79 Å². The van der Waals surface area contributed by atoms with E-state index in [9.17, 15) is 4.79 Å². The number of hydrogen-bond donors (Lipinski definition) is 0. The standard InChI is InChI=1S/C12H21NO3/c1-4-16-12(14)10(2)9-13-7-5-11(15-3)6-8-13/h11H,2,4-9H2,1,3H3. The molecule has 1 aliphatic rings. The highest BCUT2D eigenvalue weighted by Crippen LogP contribution is 2.14. The van der Waals surface area contributed by atoms with Crippen LogP contribution in [-0.4, -0.2) is 50.3 Å². The SMILES string of the molecule is C=C(CN1CCC(OC)CC1)C(=O)OCC. The van der Waals surface area contributed by atoms with Crippen LogP contribution in [0.25, 0.3) is 0 Å². The van der Waals surface area contributed by atoms with E-state index >= 15 is 0 Å². The van der Waals surface area contributed by atoms with Gasteiger partial charge in [-0.1, -0.05) is 6.58 Å². The Morgan fingerprint density at radius 1 is 1.44 bits per heavy atom. The van der Waals surface area contributed by atoms with Crippen molar-refractivity contribution in [2.75, 3.05) is 33.4 Å². The zero-order valence-electron chi connectivity index (χ0n) is 10.2. The highest BCUT2D eigenvalue weighted by atomic mass is 16.5. The summed E-state index contributed by atoms with van der Waals surface area (Å²) in [6, 6.07) is 0. The maximum absolute atomic E-state index is 11.4. The third-order valence-electron chi connectivity index (χ3n) is 2.85. The summed E-state index contributed by atoms with van der Waals surface area (Å²) in [5.41, 5.74) is 0.540. The van der Waals surface area contributed by atoms with Crippen LogP contribution in [0, 0.1) is 0 Å². The monoisotopic (exact) mass is 227 g/mol. The third-order valence-corrected chi connectivity index (χ3v) is 2.85. The van der Waals surface area contributed by atoms with Gasteiger partial charge in [0.15, 0.2) is 0 Å². The Labute approximate surface area is 97.2 Å². The molecular weight excluding hydrogens is 206 g/mol. The number of nitrogens with zero attached hydrogens (tertiary/aromatic N) is 1. The van der Waals surface area contributed by atoms with Gasteiger partial charge in [-0.05, 0) is 19.8 Å². The van der Waals surface area contributed by atoms with E-state index in [-0.39, 0.29) is 5.97 Å². The Morgan fingerprint density at radius 2 is 2.06 bits per heavy atom. The molecule has 0 saturated carbocycles. The molecule has 1 saturated heterocycles. The van der Waals surface area contributed by atoms with Gasteiger partial charge in [0.25, 0.3) is 0 Å². The number of ether oxygens (including phenoxy) is 2. The quantitative estimate of drug-likeness (QED) is 0.523. The van der Waals surface area contributed by atoms with Crippen LogP contribution in [0.2, 0.25) is 0 Å². The smallest absolute Gasteiger partial charge is 0.334 e. The molecule has 1 rings (SSSR count). The van der Waals surface area contributed by atoms with Gasteiger partial charge in [0.2, 0.25) is 0 Å². The summed E-state index contributed by atoms with van der Waals surface area (Å²) in [4.78, 5) is 13.6. The molecule has 0 radical (unpaired) electrons. The molecule has 16 heavy (non-hydrogen) atoms. The predicted molar refractivity (Wildman–Crippen MR) is 62.2 cm³/mol. The molecular formula is C12H21NO3. The van der Waals surface area contributed by atoms with Crippen molar-refractivity contribution in [3.05, 3.63) is 12.2 Å². The number of carbonyl (C=O) groups is 1. The summed E-state index contributed by atoms with van der Waals surface area (Å²) in [7, 11) is 1.75. The lowest BCUT2D eigenvalue weighted by Gasteiger charge is -2.31. The first kappa shape index (κ1) is 13.2. The van der Waals surface area contributed by atoms with Crippen LogP contribution in [0.1, 0.15) is 19.8 Å². The Morgan fingerprint density at radius 3 is 2.56 bits per heavy atom. The molecule has 0 aromatic rings. The molecule has 0 unspecified atom stereocenters. The van der Waals surface area contributed by atoms with Crippen molar-refractivity contribution in [1.82, 2.24) is 4.90 Å². The number of rotatable bonds is 5. The fourth-order valence-electron chi connectivity index (χ4n) is 1.87. The van der Waals surface area contributed by atoms with Crippen LogP contribution in [0.4, 0.5) is 0 Å². The highest BCUT2D eigenvalue weighted by molar-refractivity contribution is 5.88. The molecule has 0 aliphatic carbocycles. The van der Waals surface area contributed by atoms with Crippen LogP contribution in [-0.2, 0) is 14.3 Å². The topological polar surface area (TPSA) is 38.8 Å². The van der Waals surface area contributed by atoms with E-state index in [1.54, 1.807) is 14.0 Å². The number of piperidine rings is 1. The molecule has 4 heteroatoms. The first-order valence-electron chi connectivity index (χ1n) is 5.77. The second kappa shape index (κ2) is 6.66. The van der Waals surface area contributed by atoms with Gasteiger partial charge in [0.05, 0.1) is 12.7 Å². The molecule has 0 atom stereocenters. The van der Waals surface area contributed by atoms with E-state index in [2.05, 4.69) is 11.5 Å². The second-order valence-electron chi connectivity index (χ2n) is 4.04. The van der Waals surface area contributed by atoms with E-state index < -0.39 is 0 Å². The lowest BCUT2D eigenvalue weighted by molar-refractivity contribution is -0.138. The van der Waals surface area contributed by atoms with E-state index in [1.807, 2.05) is 0 Å². The molecule has 0 aromatic heterocycles. The normalized spacial score (nSPS) is 18.4. The Balaban J connectivity index is 2.28. The summed E-state index contributed by atoms with van der Waals surface area (Å²) in [5, 5.41) is 0. The van der Waals surface area contributed by atoms with Gasteiger partial charge in [-0.15, -0.1) is 0 Å². The number of esters is 1. The van der Waals surface area contributed by atoms with Crippen LogP contribution in [0.15, 0.2) is 12.2 Å².